The van der Waals surface area contributed by atoms with Gasteiger partial charge in [-0.1, -0.05) is 60.2 Å². The van der Waals surface area contributed by atoms with Gasteiger partial charge in [0.05, 0.1) is 6.04 Å². The van der Waals surface area contributed by atoms with E-state index in [9.17, 15) is 4.79 Å². The summed E-state index contributed by atoms with van der Waals surface area (Å²) >= 11 is 0. The molecule has 3 heterocycles. The van der Waals surface area contributed by atoms with Crippen LogP contribution in [0.3, 0.4) is 0 Å². The third-order valence-electron chi connectivity index (χ3n) is 6.41. The number of aryl methyl sites for hydroxylation is 1. The molecule has 0 aliphatic carbocycles. The van der Waals surface area contributed by atoms with E-state index in [2.05, 4.69) is 39.5 Å². The monoisotopic (exact) mass is 440 g/mol. The molecule has 1 saturated heterocycles. The number of aromatic nitrogens is 4. The number of rotatable bonds is 5. The second kappa shape index (κ2) is 9.02. The van der Waals surface area contributed by atoms with Crippen LogP contribution in [0.2, 0.25) is 0 Å². The minimum absolute atomic E-state index is 0.00902. The molecule has 2 aromatic heterocycles. The van der Waals surface area contributed by atoms with Crippen LogP contribution >= 0.6 is 0 Å². The number of amides is 1. The van der Waals surface area contributed by atoms with E-state index in [0.29, 0.717) is 0 Å². The van der Waals surface area contributed by atoms with Crippen molar-refractivity contribution < 1.29 is 4.79 Å². The first-order valence-electron chi connectivity index (χ1n) is 11.5. The van der Waals surface area contributed by atoms with Crippen molar-refractivity contribution in [1.82, 2.24) is 25.1 Å². The van der Waals surface area contributed by atoms with Crippen LogP contribution in [0.15, 0.2) is 66.7 Å². The van der Waals surface area contributed by atoms with E-state index >= 15 is 0 Å². The van der Waals surface area contributed by atoms with Gasteiger partial charge in [0, 0.05) is 24.6 Å². The molecule has 5 rings (SSSR count). The average Bonchev–Trinajstić information content (AvgIpc) is 3.28. The molecule has 4 aromatic rings. The SMILES string of the molecule is Cc1ccc(-c2nnc3ccc(N4CCC(C(=O)NC(C)c5ccccc5)CC4)nn23)cc1. The number of carbonyl (C=O) groups is 1. The molecule has 1 fully saturated rings. The fourth-order valence-electron chi connectivity index (χ4n) is 4.36. The third kappa shape index (κ3) is 4.44. The molecular weight excluding hydrogens is 412 g/mol. The van der Waals surface area contributed by atoms with Crippen LogP contribution < -0.4 is 10.2 Å². The quantitative estimate of drug-likeness (QED) is 0.504. The van der Waals surface area contributed by atoms with Gasteiger partial charge >= 0.3 is 0 Å². The highest BCUT2D eigenvalue weighted by Gasteiger charge is 2.27. The molecule has 0 bridgehead atoms. The van der Waals surface area contributed by atoms with Gasteiger partial charge < -0.3 is 10.2 Å². The molecule has 1 aliphatic heterocycles. The van der Waals surface area contributed by atoms with E-state index in [4.69, 9.17) is 5.10 Å². The number of nitrogens with one attached hydrogen (secondary N) is 1. The van der Waals surface area contributed by atoms with Crippen molar-refractivity contribution in [1.29, 1.82) is 0 Å². The molecular formula is C26H28N6O. The van der Waals surface area contributed by atoms with Crippen LogP contribution in [0.25, 0.3) is 17.0 Å². The summed E-state index contributed by atoms with van der Waals surface area (Å²) in [5.41, 5.74) is 4.03. The second-order valence-electron chi connectivity index (χ2n) is 8.75. The molecule has 1 atom stereocenters. The zero-order valence-electron chi connectivity index (χ0n) is 19.0. The predicted octanol–water partition coefficient (Wildman–Crippen LogP) is 4.19. The van der Waals surface area contributed by atoms with Crippen LogP contribution in [0, 0.1) is 12.8 Å². The molecule has 33 heavy (non-hydrogen) atoms. The molecule has 1 N–H and O–H groups in total. The van der Waals surface area contributed by atoms with Gasteiger partial charge in [-0.25, -0.2) is 0 Å². The van der Waals surface area contributed by atoms with Crippen molar-refractivity contribution in [2.75, 3.05) is 18.0 Å². The van der Waals surface area contributed by atoms with Gasteiger partial charge in [-0.15, -0.1) is 15.3 Å². The molecule has 7 nitrogen and oxygen atoms in total. The van der Waals surface area contributed by atoms with E-state index in [1.165, 1.54) is 5.56 Å². The molecule has 1 unspecified atom stereocenters. The Morgan fingerprint density at radius 1 is 0.970 bits per heavy atom. The molecule has 0 radical (unpaired) electrons. The Hall–Kier alpha value is -3.74. The minimum atomic E-state index is 0.00902. The molecule has 0 saturated carbocycles. The number of nitrogens with zero attached hydrogens (tertiary/aromatic N) is 5. The van der Waals surface area contributed by atoms with Gasteiger partial charge in [-0.3, -0.25) is 4.79 Å². The van der Waals surface area contributed by atoms with Crippen LogP contribution in [-0.4, -0.2) is 38.8 Å². The highest BCUT2D eigenvalue weighted by molar-refractivity contribution is 5.79. The van der Waals surface area contributed by atoms with E-state index in [1.54, 1.807) is 4.52 Å². The van der Waals surface area contributed by atoms with E-state index in [-0.39, 0.29) is 17.9 Å². The maximum absolute atomic E-state index is 12.8. The van der Waals surface area contributed by atoms with E-state index in [1.807, 2.05) is 61.5 Å². The van der Waals surface area contributed by atoms with Crippen LogP contribution in [0.4, 0.5) is 5.82 Å². The van der Waals surface area contributed by atoms with Crippen LogP contribution in [0.5, 0.6) is 0 Å². The lowest BCUT2D eigenvalue weighted by atomic mass is 9.95. The van der Waals surface area contributed by atoms with Crippen molar-refractivity contribution in [2.45, 2.75) is 32.7 Å². The summed E-state index contributed by atoms with van der Waals surface area (Å²) in [5, 5.41) is 16.6. The lowest BCUT2D eigenvalue weighted by Gasteiger charge is -2.32. The fourth-order valence-corrected chi connectivity index (χ4v) is 4.36. The summed E-state index contributed by atoms with van der Waals surface area (Å²) in [6.45, 7) is 5.68. The van der Waals surface area contributed by atoms with Gasteiger partial charge in [-0.2, -0.15) is 4.52 Å². The highest BCUT2D eigenvalue weighted by atomic mass is 16.1. The molecule has 1 amide bonds. The first-order valence-corrected chi connectivity index (χ1v) is 11.5. The van der Waals surface area contributed by atoms with Crippen molar-refractivity contribution in [3.63, 3.8) is 0 Å². The second-order valence-corrected chi connectivity index (χ2v) is 8.75. The normalized spacial score (nSPS) is 15.5. The van der Waals surface area contributed by atoms with Gasteiger partial charge in [0.2, 0.25) is 5.91 Å². The number of fused-ring (bicyclic) bond motifs is 1. The van der Waals surface area contributed by atoms with Gasteiger partial charge in [-0.05, 0) is 44.4 Å². The maximum Gasteiger partial charge on any atom is 0.223 e. The van der Waals surface area contributed by atoms with Gasteiger partial charge in [0.25, 0.3) is 0 Å². The largest absolute Gasteiger partial charge is 0.355 e. The van der Waals surface area contributed by atoms with Crippen molar-refractivity contribution in [3.05, 3.63) is 77.9 Å². The highest BCUT2D eigenvalue weighted by Crippen LogP contribution is 2.25. The smallest absolute Gasteiger partial charge is 0.223 e. The fraction of sp³-hybridized carbons (Fsp3) is 0.308. The van der Waals surface area contributed by atoms with Crippen molar-refractivity contribution in [2.24, 2.45) is 5.92 Å². The standard InChI is InChI=1S/C26H28N6O/c1-18-8-10-21(11-9-18)25-29-28-23-12-13-24(30-32(23)25)31-16-14-22(15-17-31)26(33)27-19(2)20-6-4-3-5-7-20/h3-13,19,22H,14-17H2,1-2H3,(H,27,33). The topological polar surface area (TPSA) is 75.4 Å². The van der Waals surface area contributed by atoms with Crippen molar-refractivity contribution in [3.8, 4) is 11.4 Å². The Morgan fingerprint density at radius 2 is 1.70 bits per heavy atom. The first-order chi connectivity index (χ1) is 16.1. The minimum Gasteiger partial charge on any atom is -0.355 e. The summed E-state index contributed by atoms with van der Waals surface area (Å²) in [5.74, 6) is 1.77. The Balaban J connectivity index is 1.26. The predicted molar refractivity (Wildman–Crippen MR) is 129 cm³/mol. The first kappa shape index (κ1) is 21.1. The maximum atomic E-state index is 12.8. The Bertz CT molecular complexity index is 1240. The summed E-state index contributed by atoms with van der Waals surface area (Å²) < 4.78 is 1.81. The lowest BCUT2D eigenvalue weighted by molar-refractivity contribution is -0.126. The number of hydrogen-bond acceptors (Lipinski definition) is 5. The third-order valence-corrected chi connectivity index (χ3v) is 6.41. The molecule has 1 aliphatic rings. The van der Waals surface area contributed by atoms with Crippen molar-refractivity contribution >= 4 is 17.4 Å². The Kier molecular flexibility index (Phi) is 5.77. The average molecular weight is 441 g/mol. The summed E-state index contributed by atoms with van der Waals surface area (Å²) in [6.07, 6.45) is 1.61. The molecule has 168 valence electrons. The summed E-state index contributed by atoms with van der Waals surface area (Å²) in [7, 11) is 0. The number of piperidine rings is 1. The number of hydrogen-bond donors (Lipinski definition) is 1. The van der Waals surface area contributed by atoms with Gasteiger partial charge in [0.15, 0.2) is 11.5 Å². The zero-order chi connectivity index (χ0) is 22.8. The van der Waals surface area contributed by atoms with E-state index < -0.39 is 0 Å². The Labute approximate surface area is 193 Å². The molecule has 7 heteroatoms. The number of anilines is 1. The van der Waals surface area contributed by atoms with Crippen LogP contribution in [-0.2, 0) is 4.79 Å². The Morgan fingerprint density at radius 3 is 2.42 bits per heavy atom. The summed E-state index contributed by atoms with van der Waals surface area (Å²) in [6, 6.07) is 22.2. The number of benzene rings is 2. The number of carbonyl (C=O) groups excluding carboxylic acids is 1. The van der Waals surface area contributed by atoms with Crippen LogP contribution in [0.1, 0.15) is 36.9 Å². The summed E-state index contributed by atoms with van der Waals surface area (Å²) in [4.78, 5) is 15.1. The van der Waals surface area contributed by atoms with Gasteiger partial charge in [0.1, 0.15) is 5.82 Å². The lowest BCUT2D eigenvalue weighted by Crippen LogP contribution is -2.41. The molecule has 0 spiro atoms. The molecule has 2 aromatic carbocycles. The zero-order valence-corrected chi connectivity index (χ0v) is 19.0. The van der Waals surface area contributed by atoms with E-state index in [0.717, 1.165) is 54.3 Å².